The average Bonchev–Trinajstić information content (AvgIpc) is 3.07. The molecule has 0 radical (unpaired) electrons. The van der Waals surface area contributed by atoms with Gasteiger partial charge in [-0.15, -0.1) is 0 Å². The van der Waals surface area contributed by atoms with Crippen LogP contribution in [0.2, 0.25) is 0 Å². The Labute approximate surface area is 132 Å². The zero-order valence-electron chi connectivity index (χ0n) is 13.1. The quantitative estimate of drug-likeness (QED) is 0.602. The van der Waals surface area contributed by atoms with Gasteiger partial charge >= 0.3 is 5.69 Å². The number of aromatic nitrogens is 4. The number of aromatic amines is 1. The van der Waals surface area contributed by atoms with Crippen LogP contribution in [0.25, 0.3) is 11.2 Å². The second-order valence-corrected chi connectivity index (χ2v) is 6.13. The van der Waals surface area contributed by atoms with Crippen LogP contribution in [-0.2, 0) is 4.74 Å². The first-order valence-corrected chi connectivity index (χ1v) is 7.64. The third-order valence-electron chi connectivity index (χ3n) is 3.83. The lowest BCUT2D eigenvalue weighted by atomic mass is 10.2. The van der Waals surface area contributed by atoms with E-state index < -0.39 is 24.1 Å². The number of hydrogen-bond donors (Lipinski definition) is 4. The third-order valence-corrected chi connectivity index (χ3v) is 3.83. The Bertz CT molecular complexity index is 740. The fourth-order valence-corrected chi connectivity index (χ4v) is 2.63. The molecule has 126 valence electrons. The van der Waals surface area contributed by atoms with Gasteiger partial charge in [0.25, 0.3) is 0 Å². The molecule has 1 aliphatic rings. The molecule has 9 nitrogen and oxygen atoms in total. The molecular weight excluding hydrogens is 302 g/mol. The van der Waals surface area contributed by atoms with Crippen LogP contribution in [0.15, 0.2) is 11.1 Å². The summed E-state index contributed by atoms with van der Waals surface area (Å²) in [4.78, 5) is 22.7. The molecule has 1 fully saturated rings. The average molecular weight is 323 g/mol. The van der Waals surface area contributed by atoms with Crippen LogP contribution in [0.5, 0.6) is 0 Å². The van der Waals surface area contributed by atoms with Crippen molar-refractivity contribution in [2.75, 3.05) is 18.5 Å². The second kappa shape index (κ2) is 6.26. The standard InChI is InChI=1S/C14H21N5O4/c1-7(2)4-15-12-11-13(18-14(22)17-12)19(6-16-11)10-3-8(21)9(5-20)23-10/h6-10,20-21H,3-5H2,1-2H3,(H2,15,17,18,22)/t8-,9+,10+/m0/s1. The summed E-state index contributed by atoms with van der Waals surface area (Å²) >= 11 is 0. The van der Waals surface area contributed by atoms with Crippen LogP contribution >= 0.6 is 0 Å². The van der Waals surface area contributed by atoms with E-state index in [1.54, 1.807) is 4.57 Å². The number of ether oxygens (including phenoxy) is 1. The number of rotatable bonds is 5. The van der Waals surface area contributed by atoms with Gasteiger partial charge in [-0.1, -0.05) is 13.8 Å². The van der Waals surface area contributed by atoms with Gasteiger partial charge in [-0.3, -0.25) is 9.55 Å². The Balaban J connectivity index is 1.96. The molecule has 4 N–H and O–H groups in total. The summed E-state index contributed by atoms with van der Waals surface area (Å²) in [6.45, 7) is 4.54. The molecule has 1 aliphatic heterocycles. The lowest BCUT2D eigenvalue weighted by molar-refractivity contribution is -0.0432. The zero-order chi connectivity index (χ0) is 16.6. The van der Waals surface area contributed by atoms with Crippen molar-refractivity contribution in [3.63, 3.8) is 0 Å². The molecule has 0 spiro atoms. The van der Waals surface area contributed by atoms with E-state index >= 15 is 0 Å². The lowest BCUT2D eigenvalue weighted by Crippen LogP contribution is -2.24. The van der Waals surface area contributed by atoms with Crippen LogP contribution in [0.3, 0.4) is 0 Å². The minimum atomic E-state index is -0.761. The van der Waals surface area contributed by atoms with Crippen molar-refractivity contribution in [3.05, 3.63) is 16.8 Å². The van der Waals surface area contributed by atoms with Gasteiger partial charge in [0.15, 0.2) is 5.65 Å². The number of anilines is 1. The molecule has 0 unspecified atom stereocenters. The highest BCUT2D eigenvalue weighted by atomic mass is 16.5. The van der Waals surface area contributed by atoms with Gasteiger partial charge in [-0.25, -0.2) is 9.78 Å². The molecule has 0 aliphatic carbocycles. The highest BCUT2D eigenvalue weighted by molar-refractivity contribution is 5.82. The first-order valence-electron chi connectivity index (χ1n) is 7.64. The lowest BCUT2D eigenvalue weighted by Gasteiger charge is -2.14. The van der Waals surface area contributed by atoms with E-state index in [0.29, 0.717) is 35.9 Å². The van der Waals surface area contributed by atoms with Crippen LogP contribution in [0.1, 0.15) is 26.5 Å². The molecule has 3 atom stereocenters. The molecule has 2 aromatic rings. The molecule has 3 heterocycles. The van der Waals surface area contributed by atoms with Gasteiger partial charge in [-0.2, -0.15) is 4.98 Å². The summed E-state index contributed by atoms with van der Waals surface area (Å²) in [6.07, 6.45) is -0.0805. The number of fused-ring (bicyclic) bond motifs is 1. The molecule has 1 saturated heterocycles. The van der Waals surface area contributed by atoms with Gasteiger partial charge < -0.3 is 20.3 Å². The van der Waals surface area contributed by atoms with Crippen LogP contribution in [0.4, 0.5) is 5.82 Å². The fraction of sp³-hybridized carbons (Fsp3) is 0.643. The van der Waals surface area contributed by atoms with Gasteiger partial charge in [0, 0.05) is 13.0 Å². The number of aliphatic hydroxyl groups excluding tert-OH is 2. The number of aliphatic hydroxyl groups is 2. The summed E-state index contributed by atoms with van der Waals surface area (Å²) in [5.74, 6) is 0.923. The second-order valence-electron chi connectivity index (χ2n) is 6.13. The van der Waals surface area contributed by atoms with E-state index in [4.69, 9.17) is 4.74 Å². The Hall–Kier alpha value is -1.97. The maximum Gasteiger partial charge on any atom is 0.348 e. The normalized spacial score (nSPS) is 24.7. The molecule has 2 aromatic heterocycles. The minimum absolute atomic E-state index is 0.264. The predicted octanol–water partition coefficient (Wildman–Crippen LogP) is -0.172. The number of H-pyrrole nitrogens is 1. The minimum Gasteiger partial charge on any atom is -0.394 e. The number of hydrogen-bond acceptors (Lipinski definition) is 7. The van der Waals surface area contributed by atoms with Crippen LogP contribution < -0.4 is 11.0 Å². The van der Waals surface area contributed by atoms with E-state index in [0.717, 1.165) is 0 Å². The van der Waals surface area contributed by atoms with Crippen LogP contribution in [0, 0.1) is 5.92 Å². The number of nitrogens with one attached hydrogen (secondary N) is 2. The summed E-state index contributed by atoms with van der Waals surface area (Å²) in [5.41, 5.74) is 0.439. The Kier molecular flexibility index (Phi) is 4.33. The molecule has 0 aromatic carbocycles. The van der Waals surface area contributed by atoms with Crippen molar-refractivity contribution in [1.29, 1.82) is 0 Å². The maximum absolute atomic E-state index is 11.8. The zero-order valence-corrected chi connectivity index (χ0v) is 13.1. The molecule has 23 heavy (non-hydrogen) atoms. The Morgan fingerprint density at radius 3 is 3.00 bits per heavy atom. The number of imidazole rings is 1. The van der Waals surface area contributed by atoms with E-state index in [2.05, 4.69) is 34.1 Å². The SMILES string of the molecule is CC(C)CNc1[nH]c(=O)nc2c1ncn2[C@H]1C[C@H](O)[C@@H](CO)O1. The van der Waals surface area contributed by atoms with Crippen LogP contribution in [-0.4, -0.2) is 55.1 Å². The predicted molar refractivity (Wildman–Crippen MR) is 83.1 cm³/mol. The molecule has 9 heteroatoms. The maximum atomic E-state index is 11.8. The molecule has 0 amide bonds. The first kappa shape index (κ1) is 15.9. The van der Waals surface area contributed by atoms with E-state index in [9.17, 15) is 15.0 Å². The smallest absolute Gasteiger partial charge is 0.348 e. The largest absolute Gasteiger partial charge is 0.394 e. The highest BCUT2D eigenvalue weighted by Gasteiger charge is 2.35. The van der Waals surface area contributed by atoms with E-state index in [-0.39, 0.29) is 6.61 Å². The van der Waals surface area contributed by atoms with Crippen molar-refractivity contribution in [2.24, 2.45) is 5.92 Å². The van der Waals surface area contributed by atoms with Gasteiger partial charge in [0.2, 0.25) is 0 Å². The summed E-state index contributed by atoms with van der Waals surface area (Å²) in [5, 5.41) is 22.2. The molecule has 0 bridgehead atoms. The van der Waals surface area contributed by atoms with Gasteiger partial charge in [-0.05, 0) is 5.92 Å². The van der Waals surface area contributed by atoms with Crippen molar-refractivity contribution < 1.29 is 14.9 Å². The highest BCUT2D eigenvalue weighted by Crippen LogP contribution is 2.31. The molecular formula is C14H21N5O4. The topological polar surface area (TPSA) is 125 Å². The summed E-state index contributed by atoms with van der Waals surface area (Å²) < 4.78 is 7.22. The van der Waals surface area contributed by atoms with E-state index in [1.165, 1.54) is 6.33 Å². The monoisotopic (exact) mass is 323 g/mol. The number of nitrogens with zero attached hydrogens (tertiary/aromatic N) is 3. The van der Waals surface area contributed by atoms with Gasteiger partial charge in [0.05, 0.1) is 19.0 Å². The van der Waals surface area contributed by atoms with Crippen molar-refractivity contribution in [3.8, 4) is 0 Å². The van der Waals surface area contributed by atoms with Crippen molar-refractivity contribution >= 4 is 17.0 Å². The van der Waals surface area contributed by atoms with Crippen molar-refractivity contribution in [2.45, 2.75) is 38.7 Å². The summed E-state index contributed by atoms with van der Waals surface area (Å²) in [7, 11) is 0. The third kappa shape index (κ3) is 3.07. The van der Waals surface area contributed by atoms with E-state index in [1.807, 2.05) is 0 Å². The fourth-order valence-electron chi connectivity index (χ4n) is 2.63. The summed E-state index contributed by atoms with van der Waals surface area (Å²) in [6, 6.07) is 0. The molecule has 0 saturated carbocycles. The van der Waals surface area contributed by atoms with Crippen molar-refractivity contribution in [1.82, 2.24) is 19.5 Å². The Morgan fingerprint density at radius 2 is 2.35 bits per heavy atom. The van der Waals surface area contributed by atoms with Gasteiger partial charge in [0.1, 0.15) is 23.7 Å². The molecule has 3 rings (SSSR count). The Morgan fingerprint density at radius 1 is 1.57 bits per heavy atom. The first-order chi connectivity index (χ1) is 11.0.